The summed E-state index contributed by atoms with van der Waals surface area (Å²) >= 11 is 0. The molecule has 0 aliphatic heterocycles. The smallest absolute Gasteiger partial charge is 0.408 e. The molecule has 0 aromatic heterocycles. The lowest BCUT2D eigenvalue weighted by atomic mass is 9.95. The first-order chi connectivity index (χ1) is 17.9. The van der Waals surface area contributed by atoms with E-state index in [2.05, 4.69) is 23.6 Å². The van der Waals surface area contributed by atoms with Crippen LogP contribution in [0.25, 0.3) is 0 Å². The first-order valence-corrected chi connectivity index (χ1v) is 14.7. The highest BCUT2D eigenvalue weighted by molar-refractivity contribution is 5.92. The van der Waals surface area contributed by atoms with Crippen LogP contribution in [0.2, 0.25) is 0 Å². The third kappa shape index (κ3) is 12.9. The normalized spacial score (nSPS) is 13.5. The van der Waals surface area contributed by atoms with Crippen molar-refractivity contribution >= 4 is 17.9 Å². The SMILES string of the molecule is CCCCCCCCN(C(=O)C(NC(=O)OC(C)(C)C)C(C)C)C(C(=O)NC(C)(C)C)c1cc(C)cc(C)c1. The molecule has 0 saturated carbocycles. The van der Waals surface area contributed by atoms with Crippen LogP contribution in [0.1, 0.15) is 124 Å². The van der Waals surface area contributed by atoms with Crippen LogP contribution in [-0.2, 0) is 14.3 Å². The Labute approximate surface area is 237 Å². The monoisotopic (exact) mass is 545 g/mol. The molecule has 0 radical (unpaired) electrons. The zero-order valence-corrected chi connectivity index (χ0v) is 26.5. The van der Waals surface area contributed by atoms with Crippen molar-refractivity contribution in [3.63, 3.8) is 0 Å². The predicted molar refractivity (Wildman–Crippen MR) is 160 cm³/mol. The van der Waals surface area contributed by atoms with E-state index in [9.17, 15) is 14.4 Å². The van der Waals surface area contributed by atoms with Gasteiger partial charge in [-0.3, -0.25) is 9.59 Å². The van der Waals surface area contributed by atoms with Crippen LogP contribution in [0.4, 0.5) is 4.79 Å². The molecule has 1 aromatic rings. The molecule has 2 atom stereocenters. The standard InChI is InChI=1S/C32H55N3O4/c1-12-13-14-15-16-17-18-35(29(37)26(22(2)3)33-30(38)39-32(9,10)11)27(28(36)34-31(6,7)8)25-20-23(4)19-24(5)21-25/h19-22,26-27H,12-18H2,1-11H3,(H,33,38)(H,34,36). The summed E-state index contributed by atoms with van der Waals surface area (Å²) in [7, 11) is 0. The molecular formula is C32H55N3O4. The van der Waals surface area contributed by atoms with Crippen molar-refractivity contribution in [2.24, 2.45) is 5.92 Å². The highest BCUT2D eigenvalue weighted by Crippen LogP contribution is 2.27. The average Bonchev–Trinajstić information content (AvgIpc) is 2.75. The number of carbonyl (C=O) groups is 3. The maximum absolute atomic E-state index is 14.3. The minimum Gasteiger partial charge on any atom is -0.444 e. The van der Waals surface area contributed by atoms with Gasteiger partial charge in [-0.2, -0.15) is 0 Å². The number of carbonyl (C=O) groups excluding carboxylic acids is 3. The van der Waals surface area contributed by atoms with Crippen molar-refractivity contribution in [1.29, 1.82) is 0 Å². The van der Waals surface area contributed by atoms with Crippen LogP contribution in [-0.4, -0.2) is 46.5 Å². The fourth-order valence-corrected chi connectivity index (χ4v) is 4.63. The average molecular weight is 546 g/mol. The van der Waals surface area contributed by atoms with E-state index in [4.69, 9.17) is 4.74 Å². The van der Waals surface area contributed by atoms with Gasteiger partial charge in [-0.1, -0.05) is 82.2 Å². The molecule has 0 aliphatic rings. The second kappa shape index (κ2) is 15.3. The second-order valence-electron chi connectivity index (χ2n) is 13.2. The number of amides is 3. The van der Waals surface area contributed by atoms with Crippen molar-refractivity contribution in [3.8, 4) is 0 Å². The Balaban J connectivity index is 3.52. The van der Waals surface area contributed by atoms with E-state index in [0.717, 1.165) is 42.4 Å². The molecule has 39 heavy (non-hydrogen) atoms. The van der Waals surface area contributed by atoms with Crippen molar-refractivity contribution in [2.45, 2.75) is 138 Å². The molecule has 1 aromatic carbocycles. The summed E-state index contributed by atoms with van der Waals surface area (Å²) < 4.78 is 5.47. The first kappa shape index (κ1) is 34.5. The molecule has 0 fully saturated rings. The highest BCUT2D eigenvalue weighted by atomic mass is 16.6. The molecule has 0 spiro atoms. The van der Waals surface area contributed by atoms with Crippen LogP contribution >= 0.6 is 0 Å². The summed E-state index contributed by atoms with van der Waals surface area (Å²) in [5, 5.41) is 5.91. The van der Waals surface area contributed by atoms with Gasteiger partial charge in [0.25, 0.3) is 0 Å². The van der Waals surface area contributed by atoms with Crippen molar-refractivity contribution in [1.82, 2.24) is 15.5 Å². The minimum atomic E-state index is -0.837. The van der Waals surface area contributed by atoms with Crippen molar-refractivity contribution in [2.75, 3.05) is 6.54 Å². The lowest BCUT2D eigenvalue weighted by molar-refractivity contribution is -0.144. The summed E-state index contributed by atoms with van der Waals surface area (Å²) in [4.78, 5) is 42.6. The Morgan fingerprint density at radius 3 is 1.90 bits per heavy atom. The molecule has 2 N–H and O–H groups in total. The predicted octanol–water partition coefficient (Wildman–Crippen LogP) is 7.00. The maximum atomic E-state index is 14.3. The van der Waals surface area contributed by atoms with Gasteiger partial charge >= 0.3 is 6.09 Å². The van der Waals surface area contributed by atoms with Crippen LogP contribution in [0.15, 0.2) is 18.2 Å². The fourth-order valence-electron chi connectivity index (χ4n) is 4.63. The third-order valence-electron chi connectivity index (χ3n) is 6.26. The topological polar surface area (TPSA) is 87.7 Å². The summed E-state index contributed by atoms with van der Waals surface area (Å²) in [6, 6.07) is 4.35. The number of ether oxygens (including phenoxy) is 1. The number of alkyl carbamates (subject to hydrolysis) is 1. The van der Waals surface area contributed by atoms with Gasteiger partial charge < -0.3 is 20.3 Å². The lowest BCUT2D eigenvalue weighted by Crippen LogP contribution is -2.56. The minimum absolute atomic E-state index is 0.206. The van der Waals surface area contributed by atoms with Gasteiger partial charge in [0, 0.05) is 12.1 Å². The van der Waals surface area contributed by atoms with E-state index in [-0.39, 0.29) is 17.7 Å². The Morgan fingerprint density at radius 1 is 0.872 bits per heavy atom. The van der Waals surface area contributed by atoms with E-state index in [1.807, 2.05) is 60.6 Å². The van der Waals surface area contributed by atoms with Crippen LogP contribution in [0.3, 0.4) is 0 Å². The third-order valence-corrected chi connectivity index (χ3v) is 6.26. The van der Waals surface area contributed by atoms with E-state index < -0.39 is 29.3 Å². The van der Waals surface area contributed by atoms with E-state index in [0.29, 0.717) is 6.54 Å². The summed E-state index contributed by atoms with van der Waals surface area (Å²) in [5.41, 5.74) is 1.65. The van der Waals surface area contributed by atoms with E-state index in [1.54, 1.807) is 25.7 Å². The van der Waals surface area contributed by atoms with Crippen LogP contribution in [0, 0.1) is 19.8 Å². The molecule has 7 nitrogen and oxygen atoms in total. The molecule has 7 heteroatoms. The zero-order chi connectivity index (χ0) is 30.0. The number of hydrogen-bond acceptors (Lipinski definition) is 4. The molecule has 0 saturated heterocycles. The molecule has 1 rings (SSSR count). The summed E-state index contributed by atoms with van der Waals surface area (Å²) in [5.74, 6) is -0.716. The Morgan fingerprint density at radius 2 is 1.41 bits per heavy atom. The lowest BCUT2D eigenvalue weighted by Gasteiger charge is -2.37. The number of rotatable bonds is 13. The van der Waals surface area contributed by atoms with Gasteiger partial charge in [-0.05, 0) is 73.3 Å². The van der Waals surface area contributed by atoms with Gasteiger partial charge in [0.1, 0.15) is 17.7 Å². The quantitative estimate of drug-likeness (QED) is 0.261. The van der Waals surface area contributed by atoms with Gasteiger partial charge in [0.15, 0.2) is 0 Å². The number of benzene rings is 1. The molecule has 0 bridgehead atoms. The van der Waals surface area contributed by atoms with Crippen molar-refractivity contribution < 1.29 is 19.1 Å². The molecule has 2 unspecified atom stereocenters. The van der Waals surface area contributed by atoms with E-state index in [1.165, 1.54) is 12.8 Å². The fraction of sp³-hybridized carbons (Fsp3) is 0.719. The van der Waals surface area contributed by atoms with Gasteiger partial charge in [-0.25, -0.2) is 4.79 Å². The van der Waals surface area contributed by atoms with Crippen LogP contribution in [0.5, 0.6) is 0 Å². The molecule has 222 valence electrons. The van der Waals surface area contributed by atoms with Gasteiger partial charge in [0.2, 0.25) is 11.8 Å². The second-order valence-corrected chi connectivity index (χ2v) is 13.2. The zero-order valence-electron chi connectivity index (χ0n) is 26.5. The summed E-state index contributed by atoms with van der Waals surface area (Å²) in [6.07, 6.45) is 5.70. The van der Waals surface area contributed by atoms with Crippen molar-refractivity contribution in [3.05, 3.63) is 34.9 Å². The largest absolute Gasteiger partial charge is 0.444 e. The Hall–Kier alpha value is -2.57. The number of unbranched alkanes of at least 4 members (excludes halogenated alkanes) is 5. The van der Waals surface area contributed by atoms with E-state index >= 15 is 0 Å². The number of aryl methyl sites for hydroxylation is 2. The maximum Gasteiger partial charge on any atom is 0.408 e. The first-order valence-electron chi connectivity index (χ1n) is 14.7. The van der Waals surface area contributed by atoms with Gasteiger partial charge in [-0.15, -0.1) is 0 Å². The molecule has 3 amide bonds. The molecule has 0 aliphatic carbocycles. The molecule has 0 heterocycles. The summed E-state index contributed by atoms with van der Waals surface area (Å²) in [6.45, 7) is 21.6. The Kier molecular flexibility index (Phi) is 13.5. The highest BCUT2D eigenvalue weighted by Gasteiger charge is 2.38. The van der Waals surface area contributed by atoms with Gasteiger partial charge in [0.05, 0.1) is 0 Å². The Bertz CT molecular complexity index is 923. The number of nitrogens with zero attached hydrogens (tertiary/aromatic N) is 1. The van der Waals surface area contributed by atoms with Crippen LogP contribution < -0.4 is 10.6 Å². The number of nitrogens with one attached hydrogen (secondary N) is 2. The molecular weight excluding hydrogens is 490 g/mol. The number of hydrogen-bond donors (Lipinski definition) is 2.